The van der Waals surface area contributed by atoms with Gasteiger partial charge in [0.25, 0.3) is 0 Å². The minimum Gasteiger partial charge on any atom is -0.347 e. The molecule has 4 rings (SSSR count). The van der Waals surface area contributed by atoms with Crippen LogP contribution in [0.1, 0.15) is 35.7 Å². The van der Waals surface area contributed by atoms with Gasteiger partial charge in [0.15, 0.2) is 5.13 Å². The quantitative estimate of drug-likeness (QED) is 0.666. The first kappa shape index (κ1) is 19.2. The molecule has 0 bridgehead atoms. The highest BCUT2D eigenvalue weighted by Crippen LogP contribution is 2.35. The zero-order valence-corrected chi connectivity index (χ0v) is 17.2. The van der Waals surface area contributed by atoms with Crippen LogP contribution in [0.3, 0.4) is 0 Å². The maximum atomic E-state index is 9.03. The second kappa shape index (κ2) is 8.51. The average molecular weight is 407 g/mol. The Morgan fingerprint density at radius 3 is 2.90 bits per heavy atom. The van der Waals surface area contributed by atoms with E-state index in [4.69, 9.17) is 10.2 Å². The molecule has 1 atom stereocenters. The van der Waals surface area contributed by atoms with Crippen molar-refractivity contribution in [2.75, 3.05) is 30.9 Å². The van der Waals surface area contributed by atoms with Crippen molar-refractivity contribution in [2.24, 2.45) is 0 Å². The van der Waals surface area contributed by atoms with Crippen molar-refractivity contribution in [3.05, 3.63) is 52.9 Å². The molecule has 148 valence electrons. The number of hydrogen-bond donors (Lipinski definition) is 1. The van der Waals surface area contributed by atoms with Crippen LogP contribution in [0.5, 0.6) is 0 Å². The van der Waals surface area contributed by atoms with Crippen molar-refractivity contribution < 1.29 is 0 Å². The number of rotatable bonds is 6. The normalized spacial score (nSPS) is 16.5. The van der Waals surface area contributed by atoms with Gasteiger partial charge in [0.2, 0.25) is 5.95 Å². The zero-order valence-electron chi connectivity index (χ0n) is 16.4. The van der Waals surface area contributed by atoms with Crippen LogP contribution in [0.4, 0.5) is 16.9 Å². The summed E-state index contributed by atoms with van der Waals surface area (Å²) in [6.45, 7) is 1.84. The largest absolute Gasteiger partial charge is 0.347 e. The summed E-state index contributed by atoms with van der Waals surface area (Å²) in [5.41, 5.74) is 2.75. The minimum absolute atomic E-state index is 0.286. The Hall–Kier alpha value is -3.09. The van der Waals surface area contributed by atoms with Gasteiger partial charge in [0.1, 0.15) is 5.82 Å². The average Bonchev–Trinajstić information content (AvgIpc) is 3.38. The highest BCUT2D eigenvalue weighted by Gasteiger charge is 2.28. The van der Waals surface area contributed by atoms with Crippen molar-refractivity contribution in [3.8, 4) is 6.07 Å². The molecule has 1 aliphatic rings. The molecule has 29 heavy (non-hydrogen) atoms. The highest BCUT2D eigenvalue weighted by molar-refractivity contribution is 7.13. The molecule has 0 radical (unpaired) electrons. The number of pyridine rings is 1. The third-order valence-corrected chi connectivity index (χ3v) is 5.60. The Kier molecular flexibility index (Phi) is 5.64. The van der Waals surface area contributed by atoms with Crippen molar-refractivity contribution in [3.63, 3.8) is 0 Å². The number of nitrogens with zero attached hydrogens (tertiary/aromatic N) is 7. The molecular weight excluding hydrogens is 384 g/mol. The van der Waals surface area contributed by atoms with Crippen molar-refractivity contribution >= 4 is 28.2 Å². The second-order valence-corrected chi connectivity index (χ2v) is 8.02. The molecule has 8 nitrogen and oxygen atoms in total. The third-order valence-electron chi connectivity index (χ3n) is 4.83. The van der Waals surface area contributed by atoms with E-state index in [1.54, 1.807) is 29.7 Å². The molecule has 4 heterocycles. The molecule has 3 aromatic rings. The van der Waals surface area contributed by atoms with Crippen molar-refractivity contribution in [1.29, 1.82) is 5.26 Å². The predicted molar refractivity (Wildman–Crippen MR) is 113 cm³/mol. The molecule has 0 amide bonds. The van der Waals surface area contributed by atoms with Crippen LogP contribution >= 0.6 is 11.3 Å². The summed E-state index contributed by atoms with van der Waals surface area (Å²) in [5.74, 6) is 1.35. The van der Waals surface area contributed by atoms with E-state index >= 15 is 0 Å². The molecule has 0 aliphatic carbocycles. The van der Waals surface area contributed by atoms with E-state index in [1.165, 1.54) is 0 Å². The summed E-state index contributed by atoms with van der Waals surface area (Å²) >= 11 is 1.56. The van der Waals surface area contributed by atoms with E-state index in [2.05, 4.69) is 36.6 Å². The fourth-order valence-electron chi connectivity index (χ4n) is 3.42. The van der Waals surface area contributed by atoms with E-state index in [9.17, 15) is 0 Å². The second-order valence-electron chi connectivity index (χ2n) is 7.16. The van der Waals surface area contributed by atoms with Gasteiger partial charge in [0.05, 0.1) is 23.4 Å². The van der Waals surface area contributed by atoms with Crippen LogP contribution < -0.4 is 10.2 Å². The summed E-state index contributed by atoms with van der Waals surface area (Å²) in [5, 5.41) is 15.1. The van der Waals surface area contributed by atoms with E-state index < -0.39 is 0 Å². The maximum absolute atomic E-state index is 9.03. The standard InChI is InChI=1S/C20H22N8S/c1-27(2)19-23-10-15(11-24-19)12-28-7-3-4-17(28)16-13-29-20(25-16)26-18-8-14(9-21)5-6-22-18/h5-6,8,10-11,13,17H,3-4,7,12H2,1-2H3,(H,22,25,26)/t17-/m0/s1. The van der Waals surface area contributed by atoms with Crippen molar-refractivity contribution in [2.45, 2.75) is 25.4 Å². The molecule has 9 heteroatoms. The number of anilines is 3. The van der Waals surface area contributed by atoms with Gasteiger partial charge < -0.3 is 10.2 Å². The Morgan fingerprint density at radius 1 is 1.31 bits per heavy atom. The Bertz CT molecular complexity index is 1010. The number of hydrogen-bond acceptors (Lipinski definition) is 9. The van der Waals surface area contributed by atoms with Gasteiger partial charge in [-0.3, -0.25) is 4.90 Å². The van der Waals surface area contributed by atoms with Gasteiger partial charge in [-0.25, -0.2) is 19.9 Å². The summed E-state index contributed by atoms with van der Waals surface area (Å²) in [4.78, 5) is 22.2. The lowest BCUT2D eigenvalue weighted by Crippen LogP contribution is -2.23. The summed E-state index contributed by atoms with van der Waals surface area (Å²) in [6, 6.07) is 5.82. The summed E-state index contributed by atoms with van der Waals surface area (Å²) in [6.07, 6.45) is 7.66. The smallest absolute Gasteiger partial charge is 0.224 e. The third kappa shape index (κ3) is 4.50. The van der Waals surface area contributed by atoms with Gasteiger partial charge in [-0.15, -0.1) is 11.3 Å². The Morgan fingerprint density at radius 2 is 2.14 bits per heavy atom. The summed E-state index contributed by atoms with van der Waals surface area (Å²) < 4.78 is 0. The van der Waals surface area contributed by atoms with Gasteiger partial charge in [-0.05, 0) is 31.5 Å². The van der Waals surface area contributed by atoms with E-state index in [0.29, 0.717) is 11.4 Å². The first-order valence-corrected chi connectivity index (χ1v) is 10.3. The predicted octanol–water partition coefficient (Wildman–Crippen LogP) is 3.35. The van der Waals surface area contributed by atoms with Crippen LogP contribution in [0.25, 0.3) is 0 Å². The topological polar surface area (TPSA) is 93.9 Å². The van der Waals surface area contributed by atoms with E-state index in [0.717, 1.165) is 48.3 Å². The molecule has 0 saturated carbocycles. The lowest BCUT2D eigenvalue weighted by Gasteiger charge is -2.23. The fourth-order valence-corrected chi connectivity index (χ4v) is 4.18. The number of thiazole rings is 1. The SMILES string of the molecule is CN(C)c1ncc(CN2CCC[C@H]2c2csc(Nc3cc(C#N)ccn3)n2)cn1. The van der Waals surface area contributed by atoms with Crippen LogP contribution in [0, 0.1) is 11.3 Å². The Labute approximate surface area is 173 Å². The summed E-state index contributed by atoms with van der Waals surface area (Å²) in [7, 11) is 3.87. The fraction of sp³-hybridized carbons (Fsp3) is 0.350. The molecule has 1 fully saturated rings. The molecule has 1 N–H and O–H groups in total. The van der Waals surface area contributed by atoms with E-state index in [-0.39, 0.29) is 6.04 Å². The van der Waals surface area contributed by atoms with Crippen molar-refractivity contribution in [1.82, 2.24) is 24.8 Å². The van der Waals surface area contributed by atoms with Gasteiger partial charge >= 0.3 is 0 Å². The van der Waals surface area contributed by atoms with Crippen LogP contribution in [-0.4, -0.2) is 45.5 Å². The van der Waals surface area contributed by atoms with Crippen LogP contribution in [-0.2, 0) is 6.54 Å². The number of likely N-dealkylation sites (tertiary alicyclic amines) is 1. The van der Waals surface area contributed by atoms with Gasteiger partial charge in [-0.1, -0.05) is 0 Å². The maximum Gasteiger partial charge on any atom is 0.224 e. The van der Waals surface area contributed by atoms with E-state index in [1.807, 2.05) is 31.4 Å². The molecular formula is C20H22N8S. The van der Waals surface area contributed by atoms with Crippen LogP contribution in [0.2, 0.25) is 0 Å². The lowest BCUT2D eigenvalue weighted by atomic mass is 10.1. The first-order valence-electron chi connectivity index (χ1n) is 9.43. The highest BCUT2D eigenvalue weighted by atomic mass is 32.1. The monoisotopic (exact) mass is 406 g/mol. The van der Waals surface area contributed by atoms with Crippen LogP contribution in [0.15, 0.2) is 36.1 Å². The molecule has 1 saturated heterocycles. The molecule has 0 spiro atoms. The molecule has 3 aromatic heterocycles. The Balaban J connectivity index is 1.44. The van der Waals surface area contributed by atoms with Gasteiger partial charge in [0, 0.05) is 50.2 Å². The molecule has 1 aliphatic heterocycles. The molecule has 0 unspecified atom stereocenters. The first-order chi connectivity index (χ1) is 14.1. The number of nitriles is 1. The molecule has 0 aromatic carbocycles. The van der Waals surface area contributed by atoms with Gasteiger partial charge in [-0.2, -0.15) is 5.26 Å². The number of nitrogens with one attached hydrogen (secondary N) is 1. The number of aromatic nitrogens is 4. The zero-order chi connectivity index (χ0) is 20.2. The minimum atomic E-state index is 0.286. The lowest BCUT2D eigenvalue weighted by molar-refractivity contribution is 0.244.